The number of hydrogen-bond acceptors (Lipinski definition) is 4. The van der Waals surface area contributed by atoms with Crippen LogP contribution in [0.4, 0.5) is 0 Å². The zero-order chi connectivity index (χ0) is 9.56. The van der Waals surface area contributed by atoms with E-state index in [-0.39, 0.29) is 24.2 Å². The van der Waals surface area contributed by atoms with Gasteiger partial charge in [0.15, 0.2) is 0 Å². The van der Waals surface area contributed by atoms with Crippen LogP contribution in [-0.2, 0) is 14.3 Å². The lowest BCUT2D eigenvalue weighted by Crippen LogP contribution is -2.28. The van der Waals surface area contributed by atoms with E-state index < -0.39 is 6.04 Å². The summed E-state index contributed by atoms with van der Waals surface area (Å²) in [6.45, 7) is 1.45. The third-order valence-electron chi connectivity index (χ3n) is 1.65. The molecule has 5 heteroatoms. The van der Waals surface area contributed by atoms with E-state index in [1.807, 2.05) is 0 Å². The lowest BCUT2D eigenvalue weighted by molar-refractivity contribution is -0.140. The van der Waals surface area contributed by atoms with Crippen LogP contribution in [0.2, 0.25) is 0 Å². The standard InChI is InChI=1S/C8H15NO3.ClH/c1-6(10)7(9)4-3-5-8(11)12-2;/h7H,3-5,9H2,1-2H3;1H. The van der Waals surface area contributed by atoms with Crippen molar-refractivity contribution < 1.29 is 14.3 Å². The molecule has 0 heterocycles. The monoisotopic (exact) mass is 209 g/mol. The Morgan fingerprint density at radius 3 is 2.38 bits per heavy atom. The number of methoxy groups -OCH3 is 1. The molecule has 0 radical (unpaired) electrons. The van der Waals surface area contributed by atoms with E-state index >= 15 is 0 Å². The van der Waals surface area contributed by atoms with Crippen molar-refractivity contribution >= 4 is 24.2 Å². The molecule has 0 aliphatic carbocycles. The van der Waals surface area contributed by atoms with Gasteiger partial charge in [0.2, 0.25) is 0 Å². The Labute approximate surface area is 84.2 Å². The Hall–Kier alpha value is -0.610. The van der Waals surface area contributed by atoms with E-state index in [1.54, 1.807) is 0 Å². The van der Waals surface area contributed by atoms with Crippen LogP contribution in [0.25, 0.3) is 0 Å². The molecule has 0 aliphatic heterocycles. The summed E-state index contributed by atoms with van der Waals surface area (Å²) in [6, 6.07) is -0.436. The van der Waals surface area contributed by atoms with Crippen LogP contribution in [-0.4, -0.2) is 24.9 Å². The summed E-state index contributed by atoms with van der Waals surface area (Å²) in [5.74, 6) is -0.300. The zero-order valence-corrected chi connectivity index (χ0v) is 8.73. The van der Waals surface area contributed by atoms with Gasteiger partial charge in [-0.3, -0.25) is 9.59 Å². The van der Waals surface area contributed by atoms with Gasteiger partial charge in [-0.2, -0.15) is 0 Å². The van der Waals surface area contributed by atoms with Crippen molar-refractivity contribution in [3.8, 4) is 0 Å². The Morgan fingerprint density at radius 2 is 2.00 bits per heavy atom. The number of ether oxygens (including phenoxy) is 1. The number of esters is 1. The number of hydrogen-bond donors (Lipinski definition) is 1. The number of rotatable bonds is 5. The van der Waals surface area contributed by atoms with E-state index in [0.717, 1.165) is 0 Å². The number of nitrogens with two attached hydrogens (primary N) is 1. The van der Waals surface area contributed by atoms with Crippen LogP contribution in [0.15, 0.2) is 0 Å². The average Bonchev–Trinajstić information content (AvgIpc) is 2.03. The molecule has 0 rings (SSSR count). The van der Waals surface area contributed by atoms with E-state index in [9.17, 15) is 9.59 Å². The SMILES string of the molecule is COC(=O)CCCC(N)C(C)=O.Cl. The van der Waals surface area contributed by atoms with E-state index in [4.69, 9.17) is 5.73 Å². The number of carbonyl (C=O) groups is 2. The first-order valence-corrected chi connectivity index (χ1v) is 3.90. The van der Waals surface area contributed by atoms with Crippen LogP contribution in [0.1, 0.15) is 26.2 Å². The van der Waals surface area contributed by atoms with Crippen molar-refractivity contribution in [1.82, 2.24) is 0 Å². The molecule has 0 spiro atoms. The van der Waals surface area contributed by atoms with Crippen molar-refractivity contribution in [3.63, 3.8) is 0 Å². The lowest BCUT2D eigenvalue weighted by atomic mass is 10.1. The Morgan fingerprint density at radius 1 is 1.46 bits per heavy atom. The van der Waals surface area contributed by atoms with E-state index in [0.29, 0.717) is 19.3 Å². The normalized spacial score (nSPS) is 11.3. The molecule has 4 nitrogen and oxygen atoms in total. The van der Waals surface area contributed by atoms with Gasteiger partial charge in [0, 0.05) is 6.42 Å². The highest BCUT2D eigenvalue weighted by molar-refractivity contribution is 5.85. The van der Waals surface area contributed by atoms with Crippen LogP contribution >= 0.6 is 12.4 Å². The molecule has 0 aromatic rings. The maximum absolute atomic E-state index is 10.6. The van der Waals surface area contributed by atoms with Crippen molar-refractivity contribution in [2.75, 3.05) is 7.11 Å². The summed E-state index contributed by atoms with van der Waals surface area (Å²) in [7, 11) is 1.34. The zero-order valence-electron chi connectivity index (χ0n) is 7.91. The Balaban J connectivity index is 0. The first-order valence-electron chi connectivity index (χ1n) is 3.90. The third-order valence-corrected chi connectivity index (χ3v) is 1.65. The van der Waals surface area contributed by atoms with Crippen LogP contribution in [0, 0.1) is 0 Å². The summed E-state index contributed by atoms with van der Waals surface area (Å²) in [6.07, 6.45) is 1.48. The van der Waals surface area contributed by atoms with Crippen molar-refractivity contribution in [3.05, 3.63) is 0 Å². The van der Waals surface area contributed by atoms with Gasteiger partial charge >= 0.3 is 5.97 Å². The molecule has 0 aromatic carbocycles. The predicted molar refractivity (Wildman–Crippen MR) is 51.8 cm³/mol. The van der Waals surface area contributed by atoms with Crippen molar-refractivity contribution in [1.29, 1.82) is 0 Å². The van der Waals surface area contributed by atoms with Crippen LogP contribution in [0.5, 0.6) is 0 Å². The van der Waals surface area contributed by atoms with Gasteiger partial charge in [0.25, 0.3) is 0 Å². The Kier molecular flexibility index (Phi) is 9.17. The minimum Gasteiger partial charge on any atom is -0.469 e. The van der Waals surface area contributed by atoms with Gasteiger partial charge in [-0.1, -0.05) is 0 Å². The van der Waals surface area contributed by atoms with E-state index in [1.165, 1.54) is 14.0 Å². The number of carbonyl (C=O) groups excluding carboxylic acids is 2. The molecular weight excluding hydrogens is 194 g/mol. The molecule has 78 valence electrons. The molecular formula is C8H16ClNO3. The topological polar surface area (TPSA) is 69.4 Å². The molecule has 0 aromatic heterocycles. The minimum absolute atomic E-state index is 0. The molecule has 0 saturated carbocycles. The number of Topliss-reactive ketones (excluding diaryl/α,β-unsaturated/α-hetero) is 1. The molecule has 0 bridgehead atoms. The highest BCUT2D eigenvalue weighted by atomic mass is 35.5. The van der Waals surface area contributed by atoms with Gasteiger partial charge in [-0.15, -0.1) is 12.4 Å². The maximum atomic E-state index is 10.6. The fraction of sp³-hybridized carbons (Fsp3) is 0.750. The second kappa shape index (κ2) is 8.01. The Bertz CT molecular complexity index is 173. The number of ketones is 1. The smallest absolute Gasteiger partial charge is 0.305 e. The summed E-state index contributed by atoms with van der Waals surface area (Å²) >= 11 is 0. The van der Waals surface area contributed by atoms with Crippen LogP contribution < -0.4 is 5.73 Å². The van der Waals surface area contributed by atoms with Crippen molar-refractivity contribution in [2.24, 2.45) is 5.73 Å². The largest absolute Gasteiger partial charge is 0.469 e. The molecule has 1 atom stereocenters. The van der Waals surface area contributed by atoms with Gasteiger partial charge in [0.1, 0.15) is 5.78 Å². The lowest BCUT2D eigenvalue weighted by Gasteiger charge is -2.05. The molecule has 13 heavy (non-hydrogen) atoms. The molecule has 0 aliphatic rings. The third kappa shape index (κ3) is 7.74. The summed E-state index contributed by atoms with van der Waals surface area (Å²) in [5, 5.41) is 0. The molecule has 0 fully saturated rings. The first-order chi connectivity index (χ1) is 5.57. The molecule has 2 N–H and O–H groups in total. The summed E-state index contributed by atoms with van der Waals surface area (Å²) < 4.78 is 4.43. The minimum atomic E-state index is -0.436. The molecule has 0 amide bonds. The van der Waals surface area contributed by atoms with Crippen LogP contribution in [0.3, 0.4) is 0 Å². The molecule has 0 saturated heterocycles. The van der Waals surface area contributed by atoms with Gasteiger partial charge in [0.05, 0.1) is 13.2 Å². The van der Waals surface area contributed by atoms with Gasteiger partial charge in [-0.25, -0.2) is 0 Å². The first kappa shape index (κ1) is 14.9. The predicted octanol–water partition coefficient (Wildman–Crippen LogP) is 0.668. The fourth-order valence-corrected chi connectivity index (χ4v) is 0.772. The van der Waals surface area contributed by atoms with Crippen molar-refractivity contribution in [2.45, 2.75) is 32.2 Å². The van der Waals surface area contributed by atoms with Gasteiger partial charge < -0.3 is 10.5 Å². The number of halogens is 1. The average molecular weight is 210 g/mol. The van der Waals surface area contributed by atoms with Gasteiger partial charge in [-0.05, 0) is 19.8 Å². The summed E-state index contributed by atoms with van der Waals surface area (Å²) in [4.78, 5) is 21.3. The van der Waals surface area contributed by atoms with E-state index in [2.05, 4.69) is 4.74 Å². The fourth-order valence-electron chi connectivity index (χ4n) is 0.772. The summed E-state index contributed by atoms with van der Waals surface area (Å²) in [5.41, 5.74) is 5.44. The second-order valence-corrected chi connectivity index (χ2v) is 2.69. The molecule has 1 unspecified atom stereocenters. The second-order valence-electron chi connectivity index (χ2n) is 2.69. The highest BCUT2D eigenvalue weighted by Crippen LogP contribution is 2.00. The highest BCUT2D eigenvalue weighted by Gasteiger charge is 2.08. The maximum Gasteiger partial charge on any atom is 0.305 e. The quantitative estimate of drug-likeness (QED) is 0.676.